The van der Waals surface area contributed by atoms with Gasteiger partial charge in [-0.25, -0.2) is 4.98 Å². The van der Waals surface area contributed by atoms with Gasteiger partial charge in [0.05, 0.1) is 11.1 Å². The number of nitrogens with zero attached hydrogens (tertiary/aromatic N) is 1. The van der Waals surface area contributed by atoms with Crippen molar-refractivity contribution < 1.29 is 4.79 Å². The molecule has 0 fully saturated rings. The molecule has 0 bridgehead atoms. The van der Waals surface area contributed by atoms with E-state index in [4.69, 9.17) is 11.6 Å². The highest BCUT2D eigenvalue weighted by molar-refractivity contribution is 7.14. The number of thiazole rings is 1. The van der Waals surface area contributed by atoms with E-state index in [2.05, 4.69) is 10.3 Å². The van der Waals surface area contributed by atoms with Gasteiger partial charge in [0, 0.05) is 16.8 Å². The molecule has 1 heterocycles. The van der Waals surface area contributed by atoms with Gasteiger partial charge in [-0.2, -0.15) is 0 Å². The normalized spacial score (nSPS) is 11.4. The maximum absolute atomic E-state index is 12.0. The molecule has 0 saturated carbocycles. The summed E-state index contributed by atoms with van der Waals surface area (Å²) in [6.45, 7) is 5.67. The summed E-state index contributed by atoms with van der Waals surface area (Å²) in [5.74, 6) is 0.159. The molecule has 1 N–H and O–H groups in total. The standard InChI is InChI=1S/C15H17ClN2OS/c1-10-4-6-11(7-5-10)12-8-20-14(17-12)18-13(19)15(2,3)9-16/h4-8H,9H2,1-3H3,(H,17,18,19). The third-order valence-corrected chi connectivity index (χ3v) is 4.45. The van der Waals surface area contributed by atoms with Gasteiger partial charge in [-0.15, -0.1) is 22.9 Å². The molecular formula is C15H17ClN2OS. The van der Waals surface area contributed by atoms with Crippen LogP contribution in [0.25, 0.3) is 11.3 Å². The number of benzene rings is 1. The van der Waals surface area contributed by atoms with Crippen molar-refractivity contribution in [3.8, 4) is 11.3 Å². The van der Waals surface area contributed by atoms with Crippen molar-refractivity contribution >= 4 is 34.0 Å². The summed E-state index contributed by atoms with van der Waals surface area (Å²) in [4.78, 5) is 16.5. The number of aryl methyl sites for hydroxylation is 1. The molecule has 20 heavy (non-hydrogen) atoms. The lowest BCUT2D eigenvalue weighted by atomic mass is 9.95. The van der Waals surface area contributed by atoms with Crippen LogP contribution in [-0.4, -0.2) is 16.8 Å². The maximum Gasteiger partial charge on any atom is 0.233 e. The molecule has 1 amide bonds. The molecule has 0 aliphatic carbocycles. The van der Waals surface area contributed by atoms with E-state index >= 15 is 0 Å². The van der Waals surface area contributed by atoms with Crippen molar-refractivity contribution in [2.24, 2.45) is 5.41 Å². The number of amides is 1. The predicted molar refractivity (Wildman–Crippen MR) is 85.4 cm³/mol. The number of carbonyl (C=O) groups excluding carboxylic acids is 1. The lowest BCUT2D eigenvalue weighted by molar-refractivity contribution is -0.122. The van der Waals surface area contributed by atoms with Gasteiger partial charge >= 0.3 is 0 Å². The van der Waals surface area contributed by atoms with E-state index in [1.54, 1.807) is 0 Å². The number of alkyl halides is 1. The fourth-order valence-corrected chi connectivity index (χ4v) is 2.35. The minimum Gasteiger partial charge on any atom is -0.301 e. The summed E-state index contributed by atoms with van der Waals surface area (Å²) in [5.41, 5.74) is 2.52. The Labute approximate surface area is 128 Å². The molecule has 2 rings (SSSR count). The van der Waals surface area contributed by atoms with Crippen LogP contribution in [0, 0.1) is 12.3 Å². The molecule has 0 saturated heterocycles. The lowest BCUT2D eigenvalue weighted by Crippen LogP contribution is -2.32. The van der Waals surface area contributed by atoms with Crippen molar-refractivity contribution in [3.63, 3.8) is 0 Å². The second kappa shape index (κ2) is 5.94. The molecule has 0 spiro atoms. The Hall–Kier alpha value is -1.39. The summed E-state index contributed by atoms with van der Waals surface area (Å²) < 4.78 is 0. The Morgan fingerprint density at radius 1 is 1.35 bits per heavy atom. The third kappa shape index (κ3) is 3.38. The largest absolute Gasteiger partial charge is 0.301 e. The summed E-state index contributed by atoms with van der Waals surface area (Å²) >= 11 is 7.21. The second-order valence-electron chi connectivity index (χ2n) is 5.38. The van der Waals surface area contributed by atoms with Gasteiger partial charge in [0.25, 0.3) is 0 Å². The molecule has 106 valence electrons. The average Bonchev–Trinajstić information content (AvgIpc) is 2.88. The molecule has 5 heteroatoms. The minimum atomic E-state index is -0.600. The number of nitrogens with one attached hydrogen (secondary N) is 1. The first-order valence-electron chi connectivity index (χ1n) is 6.32. The predicted octanol–water partition coefficient (Wildman–Crippen LogP) is 4.32. The molecule has 1 aromatic heterocycles. The number of carbonyl (C=O) groups is 1. The van der Waals surface area contributed by atoms with E-state index in [0.29, 0.717) is 5.13 Å². The van der Waals surface area contributed by atoms with Gasteiger partial charge < -0.3 is 5.32 Å². The van der Waals surface area contributed by atoms with Gasteiger partial charge in [-0.1, -0.05) is 29.8 Å². The maximum atomic E-state index is 12.0. The van der Waals surface area contributed by atoms with Crippen LogP contribution >= 0.6 is 22.9 Å². The van der Waals surface area contributed by atoms with Gasteiger partial charge in [0.15, 0.2) is 5.13 Å². The second-order valence-corrected chi connectivity index (χ2v) is 6.50. The first-order chi connectivity index (χ1) is 9.42. The molecule has 0 radical (unpaired) electrons. The SMILES string of the molecule is Cc1ccc(-c2csc(NC(=O)C(C)(C)CCl)n2)cc1. The molecule has 1 aromatic carbocycles. The van der Waals surface area contributed by atoms with Crippen molar-refractivity contribution in [2.75, 3.05) is 11.2 Å². The zero-order valence-corrected chi connectivity index (χ0v) is 13.3. The Kier molecular flexibility index (Phi) is 4.45. The fraction of sp³-hybridized carbons (Fsp3) is 0.333. The number of anilines is 1. The smallest absolute Gasteiger partial charge is 0.233 e. The van der Waals surface area contributed by atoms with Crippen molar-refractivity contribution in [1.29, 1.82) is 0 Å². The fourth-order valence-electron chi connectivity index (χ4n) is 1.52. The van der Waals surface area contributed by atoms with Crippen molar-refractivity contribution in [3.05, 3.63) is 35.2 Å². The summed E-state index contributed by atoms with van der Waals surface area (Å²) in [6, 6.07) is 8.14. The van der Waals surface area contributed by atoms with E-state index in [0.717, 1.165) is 11.3 Å². The van der Waals surface area contributed by atoms with Crippen molar-refractivity contribution in [2.45, 2.75) is 20.8 Å². The van der Waals surface area contributed by atoms with Gasteiger partial charge in [0.1, 0.15) is 0 Å². The Morgan fingerprint density at radius 3 is 2.60 bits per heavy atom. The molecule has 3 nitrogen and oxygen atoms in total. The zero-order chi connectivity index (χ0) is 14.8. The quantitative estimate of drug-likeness (QED) is 0.855. The number of aromatic nitrogens is 1. The van der Waals surface area contributed by atoms with Crippen LogP contribution in [0.3, 0.4) is 0 Å². The Bertz CT molecular complexity index is 605. The number of hydrogen-bond donors (Lipinski definition) is 1. The van der Waals surface area contributed by atoms with Gasteiger partial charge in [-0.05, 0) is 20.8 Å². The molecule has 0 atom stereocenters. The number of rotatable bonds is 4. The number of halogens is 1. The molecular weight excluding hydrogens is 292 g/mol. The highest BCUT2D eigenvalue weighted by atomic mass is 35.5. The van der Waals surface area contributed by atoms with E-state index in [9.17, 15) is 4.79 Å². The lowest BCUT2D eigenvalue weighted by Gasteiger charge is -2.18. The third-order valence-electron chi connectivity index (χ3n) is 3.02. The topological polar surface area (TPSA) is 42.0 Å². The van der Waals surface area contributed by atoms with Crippen LogP contribution in [0.1, 0.15) is 19.4 Å². The molecule has 2 aromatic rings. The summed E-state index contributed by atoms with van der Waals surface area (Å²) in [7, 11) is 0. The van der Waals surface area contributed by atoms with Crippen LogP contribution in [0.2, 0.25) is 0 Å². The van der Waals surface area contributed by atoms with E-state index in [1.807, 2.05) is 50.4 Å². The van der Waals surface area contributed by atoms with Gasteiger partial charge in [-0.3, -0.25) is 4.79 Å². The summed E-state index contributed by atoms with van der Waals surface area (Å²) in [5, 5.41) is 5.36. The first kappa shape index (κ1) is 15.0. The number of hydrogen-bond acceptors (Lipinski definition) is 3. The van der Waals surface area contributed by atoms with Crippen LogP contribution in [0.15, 0.2) is 29.6 Å². The highest BCUT2D eigenvalue weighted by Gasteiger charge is 2.27. The van der Waals surface area contributed by atoms with E-state index in [-0.39, 0.29) is 11.8 Å². The first-order valence-corrected chi connectivity index (χ1v) is 7.74. The van der Waals surface area contributed by atoms with E-state index in [1.165, 1.54) is 16.9 Å². The average molecular weight is 309 g/mol. The Balaban J connectivity index is 2.14. The van der Waals surface area contributed by atoms with Gasteiger partial charge in [0.2, 0.25) is 5.91 Å². The highest BCUT2D eigenvalue weighted by Crippen LogP contribution is 2.27. The van der Waals surface area contributed by atoms with Crippen molar-refractivity contribution in [1.82, 2.24) is 4.98 Å². The molecule has 0 unspecified atom stereocenters. The van der Waals surface area contributed by atoms with Crippen LogP contribution in [-0.2, 0) is 4.79 Å². The molecule has 0 aliphatic rings. The monoisotopic (exact) mass is 308 g/mol. The van der Waals surface area contributed by atoms with Crippen LogP contribution in [0.5, 0.6) is 0 Å². The van der Waals surface area contributed by atoms with Crippen LogP contribution in [0.4, 0.5) is 5.13 Å². The molecule has 0 aliphatic heterocycles. The minimum absolute atomic E-state index is 0.114. The summed E-state index contributed by atoms with van der Waals surface area (Å²) in [6.07, 6.45) is 0. The van der Waals surface area contributed by atoms with E-state index < -0.39 is 5.41 Å². The van der Waals surface area contributed by atoms with Crippen LogP contribution < -0.4 is 5.32 Å². The Morgan fingerprint density at radius 2 is 2.00 bits per heavy atom. The zero-order valence-electron chi connectivity index (χ0n) is 11.7.